The Kier molecular flexibility index (Phi) is 8.67. The molecule has 2 aromatic carbocycles. The van der Waals surface area contributed by atoms with Crippen LogP contribution in [0, 0.1) is 5.92 Å². The maximum atomic E-state index is 12.6. The SMILES string of the molecule is COc1ccc(C=NNC(=O)C(CC(C)C)NC(=O)c2ccc(Cl)cc2)cc1Br. The second-order valence-corrected chi connectivity index (χ2v) is 8.08. The van der Waals surface area contributed by atoms with Gasteiger partial charge < -0.3 is 10.1 Å². The van der Waals surface area contributed by atoms with Gasteiger partial charge in [-0.3, -0.25) is 9.59 Å². The van der Waals surface area contributed by atoms with E-state index in [1.165, 1.54) is 6.21 Å². The highest BCUT2D eigenvalue weighted by Crippen LogP contribution is 2.24. The molecule has 0 saturated carbocycles. The van der Waals surface area contributed by atoms with Gasteiger partial charge in [0.05, 0.1) is 17.8 Å². The average molecular weight is 481 g/mol. The van der Waals surface area contributed by atoms with Gasteiger partial charge in [-0.25, -0.2) is 5.43 Å². The molecule has 8 heteroatoms. The van der Waals surface area contributed by atoms with E-state index in [9.17, 15) is 9.59 Å². The number of carbonyl (C=O) groups is 2. The van der Waals surface area contributed by atoms with Crippen LogP contribution in [0.5, 0.6) is 5.75 Å². The Bertz CT molecular complexity index is 885. The number of hydrogen-bond acceptors (Lipinski definition) is 4. The molecule has 0 aliphatic rings. The molecule has 2 aromatic rings. The lowest BCUT2D eigenvalue weighted by atomic mass is 10.0. The van der Waals surface area contributed by atoms with Gasteiger partial charge in [0.25, 0.3) is 11.8 Å². The van der Waals surface area contributed by atoms with Crippen molar-refractivity contribution in [2.75, 3.05) is 7.11 Å². The van der Waals surface area contributed by atoms with Crippen molar-refractivity contribution in [3.63, 3.8) is 0 Å². The first-order chi connectivity index (χ1) is 13.8. The van der Waals surface area contributed by atoms with Crippen LogP contribution in [0.15, 0.2) is 52.0 Å². The summed E-state index contributed by atoms with van der Waals surface area (Å²) in [5.74, 6) is 0.182. The minimum Gasteiger partial charge on any atom is -0.496 e. The van der Waals surface area contributed by atoms with Crippen LogP contribution in [0.3, 0.4) is 0 Å². The standard InChI is InChI=1S/C21H23BrClN3O3/c1-13(2)10-18(25-20(27)15-5-7-16(23)8-6-15)21(28)26-24-12-14-4-9-19(29-3)17(22)11-14/h4-9,11-13,18H,10H2,1-3H3,(H,25,27)(H,26,28). The van der Waals surface area contributed by atoms with E-state index in [1.807, 2.05) is 26.0 Å². The predicted octanol–water partition coefficient (Wildman–Crippen LogP) is 4.41. The minimum absolute atomic E-state index is 0.206. The van der Waals surface area contributed by atoms with Gasteiger partial charge in [-0.1, -0.05) is 25.4 Å². The van der Waals surface area contributed by atoms with E-state index >= 15 is 0 Å². The number of nitrogens with one attached hydrogen (secondary N) is 2. The van der Waals surface area contributed by atoms with Crippen molar-refractivity contribution in [1.82, 2.24) is 10.7 Å². The fourth-order valence-electron chi connectivity index (χ4n) is 2.56. The fourth-order valence-corrected chi connectivity index (χ4v) is 3.24. The number of methoxy groups -OCH3 is 1. The zero-order valence-corrected chi connectivity index (χ0v) is 18.8. The highest BCUT2D eigenvalue weighted by molar-refractivity contribution is 9.10. The van der Waals surface area contributed by atoms with E-state index in [2.05, 4.69) is 31.8 Å². The number of hydrogen-bond donors (Lipinski definition) is 2. The van der Waals surface area contributed by atoms with Gasteiger partial charge in [0.2, 0.25) is 0 Å². The summed E-state index contributed by atoms with van der Waals surface area (Å²) in [6.07, 6.45) is 2.00. The van der Waals surface area contributed by atoms with E-state index in [0.29, 0.717) is 22.8 Å². The van der Waals surface area contributed by atoms with Crippen molar-refractivity contribution < 1.29 is 14.3 Å². The van der Waals surface area contributed by atoms with Crippen LogP contribution in [0.2, 0.25) is 5.02 Å². The summed E-state index contributed by atoms with van der Waals surface area (Å²) in [6.45, 7) is 3.96. The Labute approximate surface area is 183 Å². The van der Waals surface area contributed by atoms with Gasteiger partial charge in [-0.15, -0.1) is 0 Å². The first kappa shape index (κ1) is 22.9. The summed E-state index contributed by atoms with van der Waals surface area (Å²) in [7, 11) is 1.58. The molecule has 2 N–H and O–H groups in total. The van der Waals surface area contributed by atoms with E-state index in [1.54, 1.807) is 37.4 Å². The van der Waals surface area contributed by atoms with Crippen molar-refractivity contribution >= 4 is 45.6 Å². The molecule has 0 spiro atoms. The van der Waals surface area contributed by atoms with Gasteiger partial charge in [0.1, 0.15) is 11.8 Å². The Balaban J connectivity index is 2.03. The lowest BCUT2D eigenvalue weighted by Gasteiger charge is -2.19. The molecular formula is C21H23BrClN3O3. The highest BCUT2D eigenvalue weighted by atomic mass is 79.9. The second kappa shape index (κ2) is 11.0. The topological polar surface area (TPSA) is 79.8 Å². The van der Waals surface area contributed by atoms with E-state index < -0.39 is 6.04 Å². The molecule has 0 radical (unpaired) electrons. The van der Waals surface area contributed by atoms with Crippen LogP contribution < -0.4 is 15.5 Å². The Hall–Kier alpha value is -2.38. The number of carbonyl (C=O) groups excluding carboxylic acids is 2. The normalized spacial score (nSPS) is 12.1. The number of benzene rings is 2. The number of rotatable bonds is 8. The number of hydrazone groups is 1. The first-order valence-corrected chi connectivity index (χ1v) is 10.2. The van der Waals surface area contributed by atoms with Crippen LogP contribution in [0.1, 0.15) is 36.2 Å². The van der Waals surface area contributed by atoms with Gasteiger partial charge in [-0.05, 0) is 76.3 Å². The third kappa shape index (κ3) is 7.18. The number of halogens is 2. The molecule has 154 valence electrons. The third-order valence-corrected chi connectivity index (χ3v) is 4.87. The zero-order valence-electron chi connectivity index (χ0n) is 16.4. The Morgan fingerprint density at radius 3 is 2.48 bits per heavy atom. The van der Waals surface area contributed by atoms with Gasteiger partial charge >= 0.3 is 0 Å². The predicted molar refractivity (Wildman–Crippen MR) is 119 cm³/mol. The van der Waals surface area contributed by atoms with Gasteiger partial charge in [0, 0.05) is 10.6 Å². The number of nitrogens with zero attached hydrogens (tertiary/aromatic N) is 1. The van der Waals surface area contributed by atoms with Gasteiger partial charge in [-0.2, -0.15) is 5.10 Å². The first-order valence-electron chi connectivity index (χ1n) is 9.03. The maximum Gasteiger partial charge on any atom is 0.262 e. The molecule has 0 saturated heterocycles. The van der Waals surface area contributed by atoms with Crippen molar-refractivity contribution in [2.24, 2.45) is 11.0 Å². The summed E-state index contributed by atoms with van der Waals surface area (Å²) in [6, 6.07) is 11.2. The second-order valence-electron chi connectivity index (χ2n) is 6.79. The molecule has 29 heavy (non-hydrogen) atoms. The van der Waals surface area contributed by atoms with Crippen LogP contribution in [-0.2, 0) is 4.79 Å². The van der Waals surface area contributed by atoms with Crippen LogP contribution in [-0.4, -0.2) is 31.2 Å². The smallest absolute Gasteiger partial charge is 0.262 e. The molecule has 0 aromatic heterocycles. The molecular weight excluding hydrogens is 458 g/mol. The Morgan fingerprint density at radius 2 is 1.90 bits per heavy atom. The number of amides is 2. The van der Waals surface area contributed by atoms with E-state index in [0.717, 1.165) is 10.0 Å². The molecule has 0 bridgehead atoms. The molecule has 2 amide bonds. The lowest BCUT2D eigenvalue weighted by molar-refractivity contribution is -0.123. The quantitative estimate of drug-likeness (QED) is 0.434. The Morgan fingerprint density at radius 1 is 1.21 bits per heavy atom. The molecule has 0 aliphatic carbocycles. The molecule has 0 fully saturated rings. The van der Waals surface area contributed by atoms with Crippen LogP contribution in [0.25, 0.3) is 0 Å². The molecule has 1 unspecified atom stereocenters. The molecule has 0 aliphatic heterocycles. The molecule has 0 heterocycles. The summed E-state index contributed by atoms with van der Waals surface area (Å²) < 4.78 is 5.96. The average Bonchev–Trinajstić information content (AvgIpc) is 2.67. The maximum absolute atomic E-state index is 12.6. The van der Waals surface area contributed by atoms with Crippen molar-refractivity contribution in [2.45, 2.75) is 26.3 Å². The minimum atomic E-state index is -0.710. The van der Waals surface area contributed by atoms with E-state index in [4.69, 9.17) is 16.3 Å². The lowest BCUT2D eigenvalue weighted by Crippen LogP contribution is -2.46. The fraction of sp³-hybridized carbons (Fsp3) is 0.286. The van der Waals surface area contributed by atoms with Crippen molar-refractivity contribution in [1.29, 1.82) is 0 Å². The van der Waals surface area contributed by atoms with Gasteiger partial charge in [0.15, 0.2) is 0 Å². The largest absolute Gasteiger partial charge is 0.496 e. The molecule has 1 atom stereocenters. The van der Waals surface area contributed by atoms with Crippen molar-refractivity contribution in [3.05, 3.63) is 63.1 Å². The van der Waals surface area contributed by atoms with Crippen LogP contribution in [0.4, 0.5) is 0 Å². The third-order valence-electron chi connectivity index (χ3n) is 4.00. The monoisotopic (exact) mass is 479 g/mol. The molecule has 2 rings (SSSR count). The van der Waals surface area contributed by atoms with Crippen molar-refractivity contribution in [3.8, 4) is 5.75 Å². The highest BCUT2D eigenvalue weighted by Gasteiger charge is 2.22. The number of ether oxygens (including phenoxy) is 1. The zero-order chi connectivity index (χ0) is 21.4. The van der Waals surface area contributed by atoms with E-state index in [-0.39, 0.29) is 17.7 Å². The van der Waals surface area contributed by atoms with Crippen LogP contribution >= 0.6 is 27.5 Å². The summed E-state index contributed by atoms with van der Waals surface area (Å²) >= 11 is 9.26. The summed E-state index contributed by atoms with van der Waals surface area (Å²) in [5.41, 5.74) is 3.71. The molecule has 6 nitrogen and oxygen atoms in total. The summed E-state index contributed by atoms with van der Waals surface area (Å²) in [5, 5.41) is 7.31. The summed E-state index contributed by atoms with van der Waals surface area (Å²) in [4.78, 5) is 25.0.